The van der Waals surface area contributed by atoms with Gasteiger partial charge in [0, 0.05) is 20.1 Å². The van der Waals surface area contributed by atoms with Gasteiger partial charge in [-0.1, -0.05) is 19.1 Å². The van der Waals surface area contributed by atoms with Crippen molar-refractivity contribution in [3.8, 4) is 17.5 Å². The maximum Gasteiger partial charge on any atom is 0.293 e. The summed E-state index contributed by atoms with van der Waals surface area (Å²) < 4.78 is 12.2. The minimum atomic E-state index is -0.301. The number of thioether (sulfide) groups is 1. The maximum atomic E-state index is 12.1. The lowest BCUT2D eigenvalue weighted by Gasteiger charge is -2.31. The highest BCUT2D eigenvalue weighted by atomic mass is 32.2. The third-order valence-corrected chi connectivity index (χ3v) is 6.57. The molecule has 4 rings (SSSR count). The van der Waals surface area contributed by atoms with Crippen LogP contribution in [-0.4, -0.2) is 63.7 Å². The van der Waals surface area contributed by atoms with E-state index < -0.39 is 0 Å². The Labute approximate surface area is 191 Å². The van der Waals surface area contributed by atoms with Crippen molar-refractivity contribution in [3.63, 3.8) is 0 Å². The van der Waals surface area contributed by atoms with Crippen LogP contribution >= 0.6 is 11.8 Å². The minimum Gasteiger partial charge on any atom is -0.474 e. The van der Waals surface area contributed by atoms with Crippen LogP contribution in [0.15, 0.2) is 35.5 Å². The second kappa shape index (κ2) is 9.70. The molecule has 9 heteroatoms. The Balaban J connectivity index is 1.47. The Morgan fingerprint density at radius 3 is 2.62 bits per heavy atom. The summed E-state index contributed by atoms with van der Waals surface area (Å²) in [5.74, 6) is 1.23. The molecule has 0 saturated carbocycles. The van der Waals surface area contributed by atoms with Crippen LogP contribution in [0.5, 0.6) is 17.5 Å². The fraction of sp³-hybridized carbons (Fsp3) is 0.391. The molecule has 0 unspecified atom stereocenters. The van der Waals surface area contributed by atoms with Crippen molar-refractivity contribution in [1.82, 2.24) is 19.8 Å². The zero-order valence-electron chi connectivity index (χ0n) is 18.4. The Morgan fingerprint density at radius 2 is 1.94 bits per heavy atom. The van der Waals surface area contributed by atoms with Crippen LogP contribution in [0, 0.1) is 6.92 Å². The second-order valence-corrected chi connectivity index (χ2v) is 8.77. The molecule has 0 bridgehead atoms. The van der Waals surface area contributed by atoms with Gasteiger partial charge < -0.3 is 14.4 Å². The van der Waals surface area contributed by atoms with Crippen molar-refractivity contribution in [2.45, 2.75) is 32.8 Å². The molecule has 32 heavy (non-hydrogen) atoms. The van der Waals surface area contributed by atoms with Crippen molar-refractivity contribution in [3.05, 3.63) is 46.6 Å². The van der Waals surface area contributed by atoms with Crippen LogP contribution in [0.25, 0.3) is 6.08 Å². The smallest absolute Gasteiger partial charge is 0.293 e. The molecule has 3 heterocycles. The molecular formula is C23H26N4O4S. The lowest BCUT2D eigenvalue weighted by atomic mass is 10.1. The van der Waals surface area contributed by atoms with E-state index in [9.17, 15) is 9.59 Å². The number of aromatic nitrogens is 2. The molecule has 2 aliphatic rings. The fourth-order valence-corrected chi connectivity index (χ4v) is 4.45. The van der Waals surface area contributed by atoms with Gasteiger partial charge >= 0.3 is 0 Å². The van der Waals surface area contributed by atoms with Gasteiger partial charge in [-0.05, 0) is 61.8 Å². The summed E-state index contributed by atoms with van der Waals surface area (Å²) in [6, 6.07) is 7.28. The SMILES string of the molecule is CCN1CCC(Oc2ncnc(Oc3cccc(/C=C4\SC(=O)N(C)C4=O)c3)c2C)CC1. The van der Waals surface area contributed by atoms with E-state index in [0.717, 1.165) is 60.3 Å². The molecule has 2 amide bonds. The summed E-state index contributed by atoms with van der Waals surface area (Å²) in [5, 5.41) is -0.279. The number of amides is 2. The van der Waals surface area contributed by atoms with Gasteiger partial charge in [-0.25, -0.2) is 9.97 Å². The van der Waals surface area contributed by atoms with E-state index in [0.29, 0.717) is 22.4 Å². The number of rotatable bonds is 6. The van der Waals surface area contributed by atoms with Crippen molar-refractivity contribution in [1.29, 1.82) is 0 Å². The Morgan fingerprint density at radius 1 is 1.19 bits per heavy atom. The van der Waals surface area contributed by atoms with Gasteiger partial charge in [-0.3, -0.25) is 14.5 Å². The van der Waals surface area contributed by atoms with Gasteiger partial charge in [0.15, 0.2) is 0 Å². The van der Waals surface area contributed by atoms with E-state index in [2.05, 4.69) is 21.8 Å². The maximum absolute atomic E-state index is 12.1. The lowest BCUT2D eigenvalue weighted by Crippen LogP contribution is -2.38. The molecule has 0 spiro atoms. The van der Waals surface area contributed by atoms with Gasteiger partial charge in [-0.2, -0.15) is 0 Å². The number of ether oxygens (including phenoxy) is 2. The molecule has 168 valence electrons. The number of likely N-dealkylation sites (tertiary alicyclic amines) is 1. The highest BCUT2D eigenvalue weighted by molar-refractivity contribution is 8.18. The number of benzene rings is 1. The number of hydrogen-bond acceptors (Lipinski definition) is 8. The minimum absolute atomic E-state index is 0.136. The number of piperidine rings is 1. The van der Waals surface area contributed by atoms with Crippen LogP contribution in [0.1, 0.15) is 30.9 Å². The van der Waals surface area contributed by atoms with Crippen LogP contribution in [0.3, 0.4) is 0 Å². The molecule has 2 aliphatic heterocycles. The summed E-state index contributed by atoms with van der Waals surface area (Å²) in [7, 11) is 1.47. The van der Waals surface area contributed by atoms with Gasteiger partial charge in [0.2, 0.25) is 11.8 Å². The Hall–Kier alpha value is -2.91. The number of carbonyl (C=O) groups excluding carboxylic acids is 2. The Bertz CT molecular complexity index is 1050. The third-order valence-electron chi connectivity index (χ3n) is 5.61. The fourth-order valence-electron chi connectivity index (χ4n) is 3.62. The third kappa shape index (κ3) is 4.94. The summed E-state index contributed by atoms with van der Waals surface area (Å²) in [4.78, 5) is 36.3. The molecule has 0 radical (unpaired) electrons. The molecule has 1 aromatic heterocycles. The van der Waals surface area contributed by atoms with Crippen molar-refractivity contribution in [2.75, 3.05) is 26.7 Å². The van der Waals surface area contributed by atoms with Crippen molar-refractivity contribution < 1.29 is 19.1 Å². The van der Waals surface area contributed by atoms with Gasteiger partial charge in [0.05, 0.1) is 10.5 Å². The predicted octanol–water partition coefficient (Wildman–Crippen LogP) is 4.11. The zero-order chi connectivity index (χ0) is 22.7. The molecule has 2 fully saturated rings. The highest BCUT2D eigenvalue weighted by Crippen LogP contribution is 2.33. The van der Waals surface area contributed by atoms with Crippen LogP contribution in [-0.2, 0) is 4.79 Å². The summed E-state index contributed by atoms with van der Waals surface area (Å²) >= 11 is 0.926. The molecule has 2 aromatic rings. The van der Waals surface area contributed by atoms with Gasteiger partial charge in [0.25, 0.3) is 11.1 Å². The van der Waals surface area contributed by atoms with Crippen LogP contribution in [0.4, 0.5) is 4.79 Å². The summed E-state index contributed by atoms with van der Waals surface area (Å²) in [6.45, 7) is 7.17. The molecule has 0 N–H and O–H groups in total. The average molecular weight is 455 g/mol. The summed E-state index contributed by atoms with van der Waals surface area (Å²) in [5.41, 5.74) is 1.50. The quantitative estimate of drug-likeness (QED) is 0.603. The van der Waals surface area contributed by atoms with Crippen LogP contribution in [0.2, 0.25) is 0 Å². The van der Waals surface area contributed by atoms with Gasteiger partial charge in [-0.15, -0.1) is 0 Å². The Kier molecular flexibility index (Phi) is 6.76. The second-order valence-electron chi connectivity index (χ2n) is 7.78. The van der Waals surface area contributed by atoms with Crippen molar-refractivity contribution >= 4 is 29.0 Å². The van der Waals surface area contributed by atoms with Crippen molar-refractivity contribution in [2.24, 2.45) is 0 Å². The van der Waals surface area contributed by atoms with E-state index >= 15 is 0 Å². The standard InChI is InChI=1S/C23H26N4O4S/c1-4-27-10-8-17(9-11-27)30-20-15(2)21(25-14-24-20)31-18-7-5-6-16(12-18)13-19-22(28)26(3)23(29)32-19/h5-7,12-14,17H,4,8-11H2,1-3H3/b19-13-. The molecule has 2 saturated heterocycles. The number of imide groups is 1. The lowest BCUT2D eigenvalue weighted by molar-refractivity contribution is -0.121. The number of carbonyl (C=O) groups is 2. The molecule has 0 aliphatic carbocycles. The van der Waals surface area contributed by atoms with Crippen LogP contribution < -0.4 is 9.47 Å². The molecule has 0 atom stereocenters. The number of hydrogen-bond donors (Lipinski definition) is 0. The van der Waals surface area contributed by atoms with E-state index in [1.807, 2.05) is 25.1 Å². The summed E-state index contributed by atoms with van der Waals surface area (Å²) in [6.07, 6.45) is 5.21. The number of likely N-dealkylation sites (N-methyl/N-ethyl adjacent to an activating group) is 1. The van der Waals surface area contributed by atoms with E-state index in [4.69, 9.17) is 9.47 Å². The first-order valence-corrected chi connectivity index (χ1v) is 11.5. The first-order chi connectivity index (χ1) is 15.4. The average Bonchev–Trinajstić information content (AvgIpc) is 3.03. The largest absolute Gasteiger partial charge is 0.474 e. The zero-order valence-corrected chi connectivity index (χ0v) is 19.2. The predicted molar refractivity (Wildman–Crippen MR) is 123 cm³/mol. The normalized spacial score (nSPS) is 19.1. The monoisotopic (exact) mass is 454 g/mol. The number of nitrogens with zero attached hydrogens (tertiary/aromatic N) is 4. The molecular weight excluding hydrogens is 428 g/mol. The van der Waals surface area contributed by atoms with E-state index in [1.54, 1.807) is 12.1 Å². The molecule has 8 nitrogen and oxygen atoms in total. The van der Waals surface area contributed by atoms with Gasteiger partial charge in [0.1, 0.15) is 18.2 Å². The topological polar surface area (TPSA) is 84.9 Å². The first-order valence-electron chi connectivity index (χ1n) is 10.6. The first kappa shape index (κ1) is 22.3. The van der Waals surface area contributed by atoms with E-state index in [1.165, 1.54) is 13.4 Å². The molecule has 1 aromatic carbocycles. The highest BCUT2D eigenvalue weighted by Gasteiger charge is 2.31. The van der Waals surface area contributed by atoms with E-state index in [-0.39, 0.29) is 17.3 Å².